The molecule has 3 heterocycles. The third-order valence-electron chi connectivity index (χ3n) is 7.03. The maximum absolute atomic E-state index is 13.0. The van der Waals surface area contributed by atoms with Gasteiger partial charge in [0.15, 0.2) is 11.5 Å². The summed E-state index contributed by atoms with van der Waals surface area (Å²) in [5.41, 5.74) is 2.78. The summed E-state index contributed by atoms with van der Waals surface area (Å²) in [6.07, 6.45) is 2.54. The number of hydrogen-bond donors (Lipinski definition) is 2. The molecule has 1 fully saturated rings. The molecule has 0 bridgehead atoms. The van der Waals surface area contributed by atoms with Crippen LogP contribution in [0.4, 0.5) is 0 Å². The van der Waals surface area contributed by atoms with Crippen LogP contribution in [0, 0.1) is 5.92 Å². The summed E-state index contributed by atoms with van der Waals surface area (Å²) in [5, 5.41) is 3.24. The monoisotopic (exact) mass is 478 g/mol. The second-order valence-corrected chi connectivity index (χ2v) is 9.87. The molecule has 8 heteroatoms. The van der Waals surface area contributed by atoms with E-state index in [0.717, 1.165) is 60.4 Å². The summed E-state index contributed by atoms with van der Waals surface area (Å²) in [4.78, 5) is 30.7. The molecular weight excluding hydrogens is 444 g/mol. The summed E-state index contributed by atoms with van der Waals surface area (Å²) < 4.78 is 13.5. The first kappa shape index (κ1) is 23.5. The number of piperidine rings is 1. The molecule has 35 heavy (non-hydrogen) atoms. The van der Waals surface area contributed by atoms with E-state index < -0.39 is 0 Å². The lowest BCUT2D eigenvalue weighted by Crippen LogP contribution is -2.44. The first-order valence-corrected chi connectivity index (χ1v) is 12.6. The lowest BCUT2D eigenvalue weighted by molar-refractivity contribution is -0.123. The van der Waals surface area contributed by atoms with E-state index in [4.69, 9.17) is 9.47 Å². The number of aromatic amines is 1. The van der Waals surface area contributed by atoms with Gasteiger partial charge in [-0.05, 0) is 48.6 Å². The number of nitrogens with zero attached hydrogens (tertiary/aromatic N) is 2. The number of carbonyl (C=O) groups excluding carboxylic acids is 1. The van der Waals surface area contributed by atoms with E-state index in [2.05, 4.69) is 29.0 Å². The molecule has 0 saturated carbocycles. The van der Waals surface area contributed by atoms with Gasteiger partial charge < -0.3 is 19.8 Å². The predicted octanol–water partition coefficient (Wildman–Crippen LogP) is 3.64. The molecule has 0 unspecified atom stereocenters. The minimum atomic E-state index is -0.109. The minimum absolute atomic E-state index is 0.0125. The van der Waals surface area contributed by atoms with Crippen LogP contribution in [0.1, 0.15) is 50.8 Å². The van der Waals surface area contributed by atoms with Gasteiger partial charge in [-0.25, -0.2) is 4.79 Å². The minimum Gasteiger partial charge on any atom is -0.490 e. The van der Waals surface area contributed by atoms with E-state index in [1.807, 2.05) is 47.0 Å². The third-order valence-corrected chi connectivity index (χ3v) is 7.03. The number of benzene rings is 2. The van der Waals surface area contributed by atoms with Crippen LogP contribution < -0.4 is 20.5 Å². The molecule has 3 aromatic rings. The smallest absolute Gasteiger partial charge is 0.326 e. The Balaban J connectivity index is 1.20. The highest BCUT2D eigenvalue weighted by Gasteiger charge is 2.26. The number of ether oxygens (including phenoxy) is 2. The second-order valence-electron chi connectivity index (χ2n) is 9.87. The molecule has 2 aliphatic rings. The Morgan fingerprint density at radius 1 is 1.09 bits per heavy atom. The second kappa shape index (κ2) is 10.2. The van der Waals surface area contributed by atoms with Gasteiger partial charge in [0.25, 0.3) is 0 Å². The number of nitrogens with one attached hydrogen (secondary N) is 2. The predicted molar refractivity (Wildman–Crippen MR) is 135 cm³/mol. The van der Waals surface area contributed by atoms with Crippen molar-refractivity contribution in [1.29, 1.82) is 0 Å². The summed E-state index contributed by atoms with van der Waals surface area (Å²) in [7, 11) is 0. The van der Waals surface area contributed by atoms with Crippen LogP contribution in [0.2, 0.25) is 0 Å². The molecule has 8 nitrogen and oxygen atoms in total. The first-order chi connectivity index (χ1) is 17.0. The van der Waals surface area contributed by atoms with Crippen LogP contribution in [0.15, 0.2) is 47.3 Å². The molecule has 2 N–H and O–H groups in total. The van der Waals surface area contributed by atoms with Gasteiger partial charge in [0, 0.05) is 25.6 Å². The van der Waals surface area contributed by atoms with Crippen molar-refractivity contribution in [3.8, 4) is 11.5 Å². The van der Waals surface area contributed by atoms with Gasteiger partial charge in [-0.15, -0.1) is 0 Å². The van der Waals surface area contributed by atoms with Gasteiger partial charge in [0.05, 0.1) is 36.8 Å². The van der Waals surface area contributed by atoms with Crippen molar-refractivity contribution in [2.45, 2.75) is 45.2 Å². The Bertz CT molecular complexity index is 1240. The highest BCUT2D eigenvalue weighted by Crippen LogP contribution is 2.34. The van der Waals surface area contributed by atoms with Crippen molar-refractivity contribution in [1.82, 2.24) is 19.8 Å². The summed E-state index contributed by atoms with van der Waals surface area (Å²) in [6.45, 7) is 7.42. The molecule has 1 amide bonds. The van der Waals surface area contributed by atoms with E-state index in [-0.39, 0.29) is 29.6 Å². The van der Waals surface area contributed by atoms with Crippen LogP contribution in [0.25, 0.3) is 11.0 Å². The summed E-state index contributed by atoms with van der Waals surface area (Å²) in [5.74, 6) is 1.74. The average Bonchev–Trinajstić information content (AvgIpc) is 3.01. The number of fused-ring (bicyclic) bond motifs is 2. The Morgan fingerprint density at radius 3 is 2.60 bits per heavy atom. The number of H-pyrrole nitrogens is 1. The molecule has 5 rings (SSSR count). The standard InChI is InChI=1S/C27H34N4O4/c1-18(2)26(19-8-9-23-24(16-19)35-15-5-14-34-23)29-25(32)17-30-12-10-20(11-13-30)31-22-7-4-3-6-21(22)28-27(31)33/h3-4,6-9,16,18,20,26H,5,10-15,17H2,1-2H3,(H,28,33)(H,29,32)/t26-/m0/s1. The number of carbonyl (C=O) groups is 1. The summed E-state index contributed by atoms with van der Waals surface area (Å²) >= 11 is 0. The third kappa shape index (κ3) is 5.07. The van der Waals surface area contributed by atoms with E-state index in [0.29, 0.717) is 19.8 Å². The van der Waals surface area contributed by atoms with E-state index in [1.54, 1.807) is 0 Å². The molecule has 1 aromatic heterocycles. The molecule has 0 radical (unpaired) electrons. The van der Waals surface area contributed by atoms with Crippen molar-refractivity contribution in [2.75, 3.05) is 32.8 Å². The molecular formula is C27H34N4O4. The quantitative estimate of drug-likeness (QED) is 0.565. The lowest BCUT2D eigenvalue weighted by atomic mass is 9.95. The van der Waals surface area contributed by atoms with Gasteiger partial charge in [-0.2, -0.15) is 0 Å². The molecule has 0 aliphatic carbocycles. The normalized spacial score (nSPS) is 17.9. The maximum atomic E-state index is 13.0. The van der Waals surface area contributed by atoms with Crippen molar-refractivity contribution in [3.05, 3.63) is 58.5 Å². The number of imidazole rings is 1. The molecule has 2 aromatic carbocycles. The van der Waals surface area contributed by atoms with Crippen molar-refractivity contribution >= 4 is 16.9 Å². The van der Waals surface area contributed by atoms with Gasteiger partial charge in [0.2, 0.25) is 5.91 Å². The number of hydrogen-bond acceptors (Lipinski definition) is 5. The summed E-state index contributed by atoms with van der Waals surface area (Å²) in [6, 6.07) is 13.8. The Morgan fingerprint density at radius 2 is 1.83 bits per heavy atom. The van der Waals surface area contributed by atoms with Crippen LogP contribution >= 0.6 is 0 Å². The van der Waals surface area contributed by atoms with Gasteiger partial charge in [-0.1, -0.05) is 32.0 Å². The van der Waals surface area contributed by atoms with E-state index >= 15 is 0 Å². The first-order valence-electron chi connectivity index (χ1n) is 12.6. The fraction of sp³-hybridized carbons (Fsp3) is 0.481. The highest BCUT2D eigenvalue weighted by molar-refractivity contribution is 5.78. The molecule has 1 atom stereocenters. The number of rotatable bonds is 6. The molecule has 0 spiro atoms. The van der Waals surface area contributed by atoms with E-state index in [9.17, 15) is 9.59 Å². The zero-order valence-corrected chi connectivity index (χ0v) is 20.5. The SMILES string of the molecule is CC(C)[C@H](NC(=O)CN1CCC(n2c(=O)[nH]c3ccccc32)CC1)c1ccc2c(c1)OCCCO2. The van der Waals surface area contributed by atoms with Gasteiger partial charge in [-0.3, -0.25) is 14.3 Å². The zero-order valence-electron chi connectivity index (χ0n) is 20.5. The Hall–Kier alpha value is -3.26. The van der Waals surface area contributed by atoms with Gasteiger partial charge in [0.1, 0.15) is 0 Å². The highest BCUT2D eigenvalue weighted by atomic mass is 16.5. The van der Waals surface area contributed by atoms with Crippen LogP contribution in [-0.4, -0.2) is 53.2 Å². The van der Waals surface area contributed by atoms with Gasteiger partial charge >= 0.3 is 5.69 Å². The molecule has 186 valence electrons. The number of likely N-dealkylation sites (tertiary alicyclic amines) is 1. The number of para-hydroxylation sites is 2. The van der Waals surface area contributed by atoms with Crippen LogP contribution in [0.5, 0.6) is 11.5 Å². The van der Waals surface area contributed by atoms with Crippen molar-refractivity contribution < 1.29 is 14.3 Å². The maximum Gasteiger partial charge on any atom is 0.326 e. The Kier molecular flexibility index (Phi) is 6.81. The fourth-order valence-corrected chi connectivity index (χ4v) is 5.20. The Labute approximate surface area is 205 Å². The zero-order chi connectivity index (χ0) is 24.4. The molecule has 2 aliphatic heterocycles. The topological polar surface area (TPSA) is 88.6 Å². The lowest BCUT2D eigenvalue weighted by Gasteiger charge is -2.32. The number of aromatic nitrogens is 2. The largest absolute Gasteiger partial charge is 0.490 e. The molecule has 1 saturated heterocycles. The van der Waals surface area contributed by atoms with E-state index in [1.165, 1.54) is 0 Å². The van der Waals surface area contributed by atoms with Crippen molar-refractivity contribution in [3.63, 3.8) is 0 Å². The number of amides is 1. The fourth-order valence-electron chi connectivity index (χ4n) is 5.20. The van der Waals surface area contributed by atoms with Crippen LogP contribution in [-0.2, 0) is 4.79 Å². The average molecular weight is 479 g/mol. The van der Waals surface area contributed by atoms with Crippen LogP contribution in [0.3, 0.4) is 0 Å². The van der Waals surface area contributed by atoms with Crippen molar-refractivity contribution in [2.24, 2.45) is 5.92 Å².